The van der Waals surface area contributed by atoms with Crippen LogP contribution in [0.4, 0.5) is 17.2 Å². The van der Waals surface area contributed by atoms with E-state index in [2.05, 4.69) is 21.6 Å². The molecule has 0 atom stereocenters. The van der Waals surface area contributed by atoms with Crippen molar-refractivity contribution in [2.45, 2.75) is 13.8 Å². The normalized spacial score (nSPS) is 9.95. The highest BCUT2D eigenvalue weighted by molar-refractivity contribution is 5.75. The Labute approximate surface area is 118 Å². The van der Waals surface area contributed by atoms with Crippen LogP contribution in [0.2, 0.25) is 0 Å². The number of nitrogens with zero attached hydrogens (tertiary/aromatic N) is 4. The average Bonchev–Trinajstić information content (AvgIpc) is 2.43. The minimum Gasteiger partial charge on any atom is -0.376 e. The van der Waals surface area contributed by atoms with Gasteiger partial charge in [-0.1, -0.05) is 12.1 Å². The predicted octanol–water partition coefficient (Wildman–Crippen LogP) is 2.77. The van der Waals surface area contributed by atoms with Crippen molar-refractivity contribution in [3.8, 4) is 6.07 Å². The van der Waals surface area contributed by atoms with Crippen LogP contribution < -0.4 is 10.2 Å². The van der Waals surface area contributed by atoms with Crippen molar-refractivity contribution < 1.29 is 0 Å². The van der Waals surface area contributed by atoms with Crippen LogP contribution in [0, 0.1) is 25.2 Å². The molecule has 2 rings (SSSR count). The van der Waals surface area contributed by atoms with E-state index in [1.54, 1.807) is 0 Å². The van der Waals surface area contributed by atoms with Crippen LogP contribution in [0.1, 0.15) is 16.8 Å². The highest BCUT2D eigenvalue weighted by atomic mass is 15.2. The van der Waals surface area contributed by atoms with Gasteiger partial charge in [0, 0.05) is 14.1 Å². The first-order valence-corrected chi connectivity index (χ1v) is 6.32. The van der Waals surface area contributed by atoms with E-state index >= 15 is 0 Å². The SMILES string of the molecule is Cc1nnc(Nc2ccccc2N(C)C)c(C#N)c1C. The Hall–Kier alpha value is -2.61. The van der Waals surface area contributed by atoms with Gasteiger partial charge in [0.1, 0.15) is 11.6 Å². The van der Waals surface area contributed by atoms with E-state index in [0.717, 1.165) is 22.6 Å². The minimum atomic E-state index is 0.491. The first-order chi connectivity index (χ1) is 9.54. The summed E-state index contributed by atoms with van der Waals surface area (Å²) in [5.41, 5.74) is 4.08. The molecule has 0 saturated carbocycles. The topological polar surface area (TPSA) is 64.8 Å². The van der Waals surface area contributed by atoms with E-state index in [9.17, 15) is 5.26 Å². The third-order valence-electron chi connectivity index (χ3n) is 3.21. The fourth-order valence-corrected chi connectivity index (χ4v) is 1.93. The Kier molecular flexibility index (Phi) is 3.85. The van der Waals surface area contributed by atoms with Crippen LogP contribution in [-0.4, -0.2) is 24.3 Å². The summed E-state index contributed by atoms with van der Waals surface area (Å²) in [6, 6.07) is 10.1. The molecule has 20 heavy (non-hydrogen) atoms. The molecule has 0 fully saturated rings. The summed E-state index contributed by atoms with van der Waals surface area (Å²) in [4.78, 5) is 2.00. The summed E-state index contributed by atoms with van der Waals surface area (Å²) >= 11 is 0. The fraction of sp³-hybridized carbons (Fsp3) is 0.267. The lowest BCUT2D eigenvalue weighted by molar-refractivity contribution is 0.960. The molecule has 0 aliphatic carbocycles. The number of hydrogen-bond donors (Lipinski definition) is 1. The summed E-state index contributed by atoms with van der Waals surface area (Å²) in [7, 11) is 3.94. The first-order valence-electron chi connectivity index (χ1n) is 6.32. The average molecular weight is 267 g/mol. The van der Waals surface area contributed by atoms with Crippen molar-refractivity contribution in [1.82, 2.24) is 10.2 Å². The lowest BCUT2D eigenvalue weighted by Crippen LogP contribution is -2.12. The largest absolute Gasteiger partial charge is 0.376 e. The number of aromatic nitrogens is 2. The molecule has 1 aromatic heterocycles. The van der Waals surface area contributed by atoms with Crippen LogP contribution >= 0.6 is 0 Å². The third kappa shape index (κ3) is 2.54. The van der Waals surface area contributed by atoms with E-state index in [0.29, 0.717) is 11.4 Å². The highest BCUT2D eigenvalue weighted by Gasteiger charge is 2.12. The summed E-state index contributed by atoms with van der Waals surface area (Å²) in [6.45, 7) is 3.73. The zero-order valence-corrected chi connectivity index (χ0v) is 12.1. The summed E-state index contributed by atoms with van der Waals surface area (Å²) in [5, 5.41) is 20.7. The molecule has 2 aromatic rings. The van der Waals surface area contributed by atoms with Gasteiger partial charge in [-0.25, -0.2) is 0 Å². The number of para-hydroxylation sites is 2. The van der Waals surface area contributed by atoms with Gasteiger partial charge in [0.05, 0.1) is 17.1 Å². The molecule has 1 N–H and O–H groups in total. The molecule has 0 aliphatic heterocycles. The van der Waals surface area contributed by atoms with Crippen LogP contribution in [0.5, 0.6) is 0 Å². The summed E-state index contributed by atoms with van der Waals surface area (Å²) in [5.74, 6) is 0.491. The van der Waals surface area contributed by atoms with E-state index in [-0.39, 0.29) is 0 Å². The molecule has 0 bridgehead atoms. The summed E-state index contributed by atoms with van der Waals surface area (Å²) in [6.07, 6.45) is 0. The molecular weight excluding hydrogens is 250 g/mol. The van der Waals surface area contributed by atoms with Gasteiger partial charge < -0.3 is 10.2 Å². The van der Waals surface area contributed by atoms with E-state index in [1.807, 2.05) is 57.1 Å². The van der Waals surface area contributed by atoms with E-state index < -0.39 is 0 Å². The quantitative estimate of drug-likeness (QED) is 0.926. The maximum Gasteiger partial charge on any atom is 0.171 e. The van der Waals surface area contributed by atoms with Crippen LogP contribution in [-0.2, 0) is 0 Å². The Morgan fingerprint density at radius 1 is 1.15 bits per heavy atom. The molecule has 102 valence electrons. The van der Waals surface area contributed by atoms with E-state index in [4.69, 9.17) is 0 Å². The molecule has 5 heteroatoms. The van der Waals surface area contributed by atoms with Crippen molar-refractivity contribution in [2.24, 2.45) is 0 Å². The van der Waals surface area contributed by atoms with Crippen molar-refractivity contribution >= 4 is 17.2 Å². The number of benzene rings is 1. The van der Waals surface area contributed by atoms with E-state index in [1.165, 1.54) is 0 Å². The molecule has 0 amide bonds. The smallest absolute Gasteiger partial charge is 0.171 e. The highest BCUT2D eigenvalue weighted by Crippen LogP contribution is 2.28. The standard InChI is InChI=1S/C15H17N5/c1-10-11(2)18-19-15(12(10)9-16)17-13-7-5-6-8-14(13)20(3)4/h5-8H,1-4H3,(H,17,19). The van der Waals surface area contributed by atoms with Crippen LogP contribution in [0.3, 0.4) is 0 Å². The zero-order valence-electron chi connectivity index (χ0n) is 12.1. The lowest BCUT2D eigenvalue weighted by Gasteiger charge is -2.18. The molecular formula is C15H17N5. The predicted molar refractivity (Wildman–Crippen MR) is 80.3 cm³/mol. The third-order valence-corrected chi connectivity index (χ3v) is 3.21. The monoisotopic (exact) mass is 267 g/mol. The maximum atomic E-state index is 9.31. The van der Waals surface area contributed by atoms with Gasteiger partial charge in [-0.2, -0.15) is 10.4 Å². The van der Waals surface area contributed by atoms with Gasteiger partial charge >= 0.3 is 0 Å². The number of rotatable bonds is 3. The number of nitriles is 1. The molecule has 1 aromatic carbocycles. The van der Waals surface area contributed by atoms with Crippen LogP contribution in [0.25, 0.3) is 0 Å². The van der Waals surface area contributed by atoms with Gasteiger partial charge in [0.25, 0.3) is 0 Å². The molecule has 0 radical (unpaired) electrons. The van der Waals surface area contributed by atoms with Crippen molar-refractivity contribution in [2.75, 3.05) is 24.3 Å². The molecule has 5 nitrogen and oxygen atoms in total. The minimum absolute atomic E-state index is 0.491. The first kappa shape index (κ1) is 13.8. The van der Waals surface area contributed by atoms with Gasteiger partial charge in [-0.05, 0) is 31.5 Å². The second-order valence-corrected chi connectivity index (χ2v) is 4.78. The molecule has 0 spiro atoms. The Bertz CT molecular complexity index is 670. The molecule has 0 saturated heterocycles. The number of anilines is 3. The fourth-order valence-electron chi connectivity index (χ4n) is 1.93. The molecule has 1 heterocycles. The second-order valence-electron chi connectivity index (χ2n) is 4.78. The van der Waals surface area contributed by atoms with Crippen molar-refractivity contribution in [3.63, 3.8) is 0 Å². The van der Waals surface area contributed by atoms with Gasteiger partial charge in [0.2, 0.25) is 0 Å². The maximum absolute atomic E-state index is 9.31. The number of nitrogens with one attached hydrogen (secondary N) is 1. The number of hydrogen-bond acceptors (Lipinski definition) is 5. The summed E-state index contributed by atoms with van der Waals surface area (Å²) < 4.78 is 0. The zero-order chi connectivity index (χ0) is 14.7. The van der Waals surface area contributed by atoms with Gasteiger partial charge in [-0.15, -0.1) is 5.10 Å². The van der Waals surface area contributed by atoms with Crippen molar-refractivity contribution in [3.05, 3.63) is 41.1 Å². The Morgan fingerprint density at radius 3 is 2.50 bits per heavy atom. The Morgan fingerprint density at radius 2 is 1.85 bits per heavy atom. The second kappa shape index (κ2) is 5.57. The number of aryl methyl sites for hydroxylation is 1. The van der Waals surface area contributed by atoms with Crippen molar-refractivity contribution in [1.29, 1.82) is 5.26 Å². The lowest BCUT2D eigenvalue weighted by atomic mass is 10.1. The van der Waals surface area contributed by atoms with Gasteiger partial charge in [0.15, 0.2) is 5.82 Å². The Balaban J connectivity index is 2.47. The van der Waals surface area contributed by atoms with Gasteiger partial charge in [-0.3, -0.25) is 0 Å². The van der Waals surface area contributed by atoms with Crippen LogP contribution in [0.15, 0.2) is 24.3 Å². The molecule has 0 aliphatic rings. The molecule has 0 unspecified atom stereocenters.